The van der Waals surface area contributed by atoms with Crippen LogP contribution in [0.4, 0.5) is 0 Å². The van der Waals surface area contributed by atoms with Crippen LogP contribution in [-0.2, 0) is 24.5 Å². The molecular formula is C16H22N2O3. The molecule has 0 saturated heterocycles. The van der Waals surface area contributed by atoms with Crippen LogP contribution in [-0.4, -0.2) is 18.3 Å². The lowest BCUT2D eigenvalue weighted by atomic mass is 10.2. The molecule has 0 saturated carbocycles. The second-order valence-corrected chi connectivity index (χ2v) is 5.15. The van der Waals surface area contributed by atoms with E-state index < -0.39 is 0 Å². The van der Waals surface area contributed by atoms with Crippen molar-refractivity contribution >= 4 is 0 Å². The summed E-state index contributed by atoms with van der Waals surface area (Å²) in [6, 6.07) is 10.3. The normalized spacial score (nSPS) is 11.0. The van der Waals surface area contributed by atoms with Gasteiger partial charge < -0.3 is 19.3 Å². The van der Waals surface area contributed by atoms with Gasteiger partial charge in [-0.15, -0.1) is 0 Å². The number of hydrogen-bond acceptors (Lipinski definition) is 5. The first-order valence-corrected chi connectivity index (χ1v) is 7.06. The molecule has 0 aliphatic rings. The van der Waals surface area contributed by atoms with Crippen molar-refractivity contribution in [2.75, 3.05) is 7.11 Å². The van der Waals surface area contributed by atoms with Gasteiger partial charge in [-0.25, -0.2) is 0 Å². The minimum atomic E-state index is 0.381. The average Bonchev–Trinajstić information content (AvgIpc) is 2.92. The summed E-state index contributed by atoms with van der Waals surface area (Å²) >= 11 is 0. The molecule has 21 heavy (non-hydrogen) atoms. The molecule has 5 nitrogen and oxygen atoms in total. The molecule has 0 unspecified atom stereocenters. The van der Waals surface area contributed by atoms with Crippen molar-refractivity contribution < 1.29 is 14.0 Å². The van der Waals surface area contributed by atoms with Gasteiger partial charge in [-0.3, -0.25) is 0 Å². The van der Waals surface area contributed by atoms with Gasteiger partial charge in [0.2, 0.25) is 0 Å². The molecule has 114 valence electrons. The van der Waals surface area contributed by atoms with Gasteiger partial charge in [-0.1, -0.05) is 37.2 Å². The second-order valence-electron chi connectivity index (χ2n) is 5.15. The van der Waals surface area contributed by atoms with Crippen molar-refractivity contribution in [2.45, 2.75) is 39.6 Å². The SMILES string of the molecule is COCc1cc(COc2ccccc2CNC(C)C)no1. The summed E-state index contributed by atoms with van der Waals surface area (Å²) in [5.74, 6) is 1.56. The maximum Gasteiger partial charge on any atom is 0.162 e. The molecule has 0 radical (unpaired) electrons. The molecule has 0 aliphatic carbocycles. The highest BCUT2D eigenvalue weighted by Crippen LogP contribution is 2.19. The maximum atomic E-state index is 5.84. The van der Waals surface area contributed by atoms with Crippen LogP contribution in [0.1, 0.15) is 30.9 Å². The number of benzene rings is 1. The van der Waals surface area contributed by atoms with E-state index >= 15 is 0 Å². The summed E-state index contributed by atoms with van der Waals surface area (Å²) in [5.41, 5.74) is 1.89. The van der Waals surface area contributed by atoms with Crippen molar-refractivity contribution in [3.63, 3.8) is 0 Å². The van der Waals surface area contributed by atoms with Crippen LogP contribution in [0.2, 0.25) is 0 Å². The van der Waals surface area contributed by atoms with E-state index in [2.05, 4.69) is 30.4 Å². The van der Waals surface area contributed by atoms with E-state index in [1.807, 2.05) is 24.3 Å². The lowest BCUT2D eigenvalue weighted by molar-refractivity contribution is 0.155. The number of methoxy groups -OCH3 is 1. The fourth-order valence-electron chi connectivity index (χ4n) is 1.89. The van der Waals surface area contributed by atoms with Crippen molar-refractivity contribution in [1.82, 2.24) is 10.5 Å². The van der Waals surface area contributed by atoms with Gasteiger partial charge in [0, 0.05) is 31.3 Å². The van der Waals surface area contributed by atoms with Gasteiger partial charge >= 0.3 is 0 Å². The largest absolute Gasteiger partial charge is 0.487 e. The molecule has 1 N–H and O–H groups in total. The highest BCUT2D eigenvalue weighted by Gasteiger charge is 2.07. The van der Waals surface area contributed by atoms with Crippen LogP contribution in [0.25, 0.3) is 0 Å². The predicted octanol–water partition coefficient (Wildman–Crippen LogP) is 2.90. The van der Waals surface area contributed by atoms with Crippen LogP contribution in [0.5, 0.6) is 5.75 Å². The molecule has 2 rings (SSSR count). The molecule has 0 aliphatic heterocycles. The third kappa shape index (κ3) is 4.88. The molecule has 0 spiro atoms. The number of ether oxygens (including phenoxy) is 2. The average molecular weight is 290 g/mol. The zero-order chi connectivity index (χ0) is 15.1. The van der Waals surface area contributed by atoms with E-state index in [1.54, 1.807) is 7.11 Å². The van der Waals surface area contributed by atoms with Crippen LogP contribution < -0.4 is 10.1 Å². The fourth-order valence-corrected chi connectivity index (χ4v) is 1.89. The quantitative estimate of drug-likeness (QED) is 0.810. The molecule has 0 bridgehead atoms. The lowest BCUT2D eigenvalue weighted by Crippen LogP contribution is -2.22. The van der Waals surface area contributed by atoms with Crippen LogP contribution >= 0.6 is 0 Å². The van der Waals surface area contributed by atoms with E-state index in [0.717, 1.165) is 23.6 Å². The first-order valence-electron chi connectivity index (χ1n) is 7.06. The van der Waals surface area contributed by atoms with Crippen molar-refractivity contribution in [2.24, 2.45) is 0 Å². The molecule has 0 atom stereocenters. The van der Waals surface area contributed by atoms with Crippen molar-refractivity contribution in [3.05, 3.63) is 47.3 Å². The van der Waals surface area contributed by atoms with Crippen LogP contribution in [0, 0.1) is 0 Å². The van der Waals surface area contributed by atoms with E-state index in [9.17, 15) is 0 Å². The highest BCUT2D eigenvalue weighted by molar-refractivity contribution is 5.33. The topological polar surface area (TPSA) is 56.5 Å². The number of hydrogen-bond donors (Lipinski definition) is 1. The van der Waals surface area contributed by atoms with E-state index in [1.165, 1.54) is 0 Å². The summed E-state index contributed by atoms with van der Waals surface area (Å²) in [6.07, 6.45) is 0. The molecule has 5 heteroatoms. The molecule has 0 amide bonds. The summed E-state index contributed by atoms with van der Waals surface area (Å²) < 4.78 is 16.0. The number of rotatable bonds is 8. The lowest BCUT2D eigenvalue weighted by Gasteiger charge is -2.12. The Bertz CT molecular complexity index is 552. The minimum absolute atomic E-state index is 0.381. The zero-order valence-corrected chi connectivity index (χ0v) is 12.8. The molecular weight excluding hydrogens is 268 g/mol. The Balaban J connectivity index is 1.95. The first-order chi connectivity index (χ1) is 10.2. The van der Waals surface area contributed by atoms with Gasteiger partial charge in [-0.2, -0.15) is 0 Å². The second kappa shape index (κ2) is 7.81. The number of para-hydroxylation sites is 1. The Labute approximate surface area is 125 Å². The Hall–Kier alpha value is -1.85. The molecule has 2 aromatic rings. The van der Waals surface area contributed by atoms with Gasteiger partial charge in [0.1, 0.15) is 24.7 Å². The van der Waals surface area contributed by atoms with Crippen LogP contribution in [0.3, 0.4) is 0 Å². The monoisotopic (exact) mass is 290 g/mol. The van der Waals surface area contributed by atoms with Crippen molar-refractivity contribution in [3.8, 4) is 5.75 Å². The third-order valence-electron chi connectivity index (χ3n) is 2.94. The molecule has 0 fully saturated rings. The van der Waals surface area contributed by atoms with Gasteiger partial charge in [0.05, 0.1) is 0 Å². The smallest absolute Gasteiger partial charge is 0.162 e. The Morgan fingerprint density at radius 3 is 2.81 bits per heavy atom. The van der Waals surface area contributed by atoms with Crippen LogP contribution in [0.15, 0.2) is 34.9 Å². The maximum absolute atomic E-state index is 5.84. The summed E-state index contributed by atoms with van der Waals surface area (Å²) in [5, 5.41) is 7.35. The van der Waals surface area contributed by atoms with Gasteiger partial charge in [-0.05, 0) is 6.07 Å². The Morgan fingerprint density at radius 2 is 2.05 bits per heavy atom. The number of nitrogens with one attached hydrogen (secondary N) is 1. The Morgan fingerprint density at radius 1 is 1.24 bits per heavy atom. The van der Waals surface area contributed by atoms with E-state index in [-0.39, 0.29) is 0 Å². The fraction of sp³-hybridized carbons (Fsp3) is 0.438. The van der Waals surface area contributed by atoms with Crippen molar-refractivity contribution in [1.29, 1.82) is 0 Å². The summed E-state index contributed by atoms with van der Waals surface area (Å²) in [6.45, 7) is 5.82. The minimum Gasteiger partial charge on any atom is -0.487 e. The summed E-state index contributed by atoms with van der Waals surface area (Å²) in [4.78, 5) is 0. The third-order valence-corrected chi connectivity index (χ3v) is 2.94. The van der Waals surface area contributed by atoms with E-state index in [0.29, 0.717) is 25.0 Å². The summed E-state index contributed by atoms with van der Waals surface area (Å²) in [7, 11) is 1.62. The number of aromatic nitrogens is 1. The predicted molar refractivity (Wildman–Crippen MR) is 80.0 cm³/mol. The molecule has 1 aromatic heterocycles. The zero-order valence-electron chi connectivity index (χ0n) is 12.8. The van der Waals surface area contributed by atoms with E-state index in [4.69, 9.17) is 14.0 Å². The number of nitrogens with zero attached hydrogens (tertiary/aromatic N) is 1. The first kappa shape index (κ1) is 15.5. The van der Waals surface area contributed by atoms with Gasteiger partial charge in [0.15, 0.2) is 5.76 Å². The molecule has 1 aromatic carbocycles. The standard InChI is InChI=1S/C16H22N2O3/c1-12(2)17-9-13-6-4-5-7-16(13)20-10-14-8-15(11-19-3)21-18-14/h4-8,12,17H,9-11H2,1-3H3. The highest BCUT2D eigenvalue weighted by atomic mass is 16.5. The van der Waals surface area contributed by atoms with Gasteiger partial charge in [0.25, 0.3) is 0 Å². The molecule has 1 heterocycles. The Kier molecular flexibility index (Phi) is 5.78.